The third kappa shape index (κ3) is 4.96. The van der Waals surface area contributed by atoms with Crippen LogP contribution in [0.5, 0.6) is 0 Å². The second kappa shape index (κ2) is 10.4. The molecule has 0 atom stereocenters. The zero-order valence-electron chi connectivity index (χ0n) is 21.5. The van der Waals surface area contributed by atoms with Crippen molar-refractivity contribution < 1.29 is 9.18 Å². The molecular weight excluding hydrogens is 483 g/mol. The minimum absolute atomic E-state index is 0.247. The van der Waals surface area contributed by atoms with Crippen LogP contribution in [-0.2, 0) is 18.4 Å². The van der Waals surface area contributed by atoms with Crippen LogP contribution < -0.4 is 5.32 Å². The van der Waals surface area contributed by atoms with E-state index in [2.05, 4.69) is 30.3 Å². The zero-order chi connectivity index (χ0) is 26.1. The van der Waals surface area contributed by atoms with Crippen LogP contribution in [0.25, 0.3) is 22.2 Å². The third-order valence-electron chi connectivity index (χ3n) is 7.67. The number of nitrogens with zero attached hydrogens (tertiary/aromatic N) is 7. The Morgan fingerprint density at radius 2 is 1.87 bits per heavy atom. The van der Waals surface area contributed by atoms with E-state index in [0.29, 0.717) is 17.3 Å². The molecule has 38 heavy (non-hydrogen) atoms. The van der Waals surface area contributed by atoms with Gasteiger partial charge in [0.25, 0.3) is 0 Å². The minimum Gasteiger partial charge on any atom is -0.343 e. The number of aromatic nitrogens is 5. The molecule has 1 aliphatic carbocycles. The molecule has 0 bridgehead atoms. The Morgan fingerprint density at radius 1 is 1.05 bits per heavy atom. The Labute approximate surface area is 220 Å². The number of benzene rings is 1. The van der Waals surface area contributed by atoms with E-state index in [9.17, 15) is 9.18 Å². The molecule has 0 radical (unpaired) electrons. The summed E-state index contributed by atoms with van der Waals surface area (Å²) >= 11 is 0. The quantitative estimate of drug-likeness (QED) is 0.369. The highest BCUT2D eigenvalue weighted by atomic mass is 19.1. The number of pyridine rings is 1. The lowest BCUT2D eigenvalue weighted by molar-refractivity contribution is -0.119. The summed E-state index contributed by atoms with van der Waals surface area (Å²) in [6, 6.07) is 9.70. The maximum absolute atomic E-state index is 14.9. The van der Waals surface area contributed by atoms with E-state index < -0.39 is 5.82 Å². The van der Waals surface area contributed by atoms with Crippen molar-refractivity contribution in [2.75, 3.05) is 31.5 Å². The van der Waals surface area contributed by atoms with Crippen molar-refractivity contribution >= 4 is 29.1 Å². The average Bonchev–Trinajstić information content (AvgIpc) is 3.58. The summed E-state index contributed by atoms with van der Waals surface area (Å²) in [7, 11) is 1.99. The molecule has 0 unspecified atom stereocenters. The topological polar surface area (TPSA) is 92.1 Å². The second-order valence-electron chi connectivity index (χ2n) is 10.2. The van der Waals surface area contributed by atoms with Gasteiger partial charge in [-0.1, -0.05) is 25.0 Å². The molecule has 6 rings (SSSR count). The number of nitrogens with one attached hydrogen (secondary N) is 1. The number of anilines is 2. The van der Waals surface area contributed by atoms with Gasteiger partial charge >= 0.3 is 0 Å². The average molecular weight is 515 g/mol. The molecule has 2 fully saturated rings. The molecule has 3 aromatic heterocycles. The van der Waals surface area contributed by atoms with E-state index in [-0.39, 0.29) is 11.6 Å². The molecule has 1 saturated carbocycles. The van der Waals surface area contributed by atoms with Crippen LogP contribution in [0.4, 0.5) is 16.2 Å². The number of piperazine rings is 1. The molecule has 4 heterocycles. The molecule has 9 nitrogen and oxygen atoms in total. The van der Waals surface area contributed by atoms with Gasteiger partial charge in [-0.25, -0.2) is 19.3 Å². The molecule has 196 valence electrons. The first-order chi connectivity index (χ1) is 18.6. The van der Waals surface area contributed by atoms with Crippen LogP contribution in [0.15, 0.2) is 42.7 Å². The summed E-state index contributed by atoms with van der Waals surface area (Å²) in [4.78, 5) is 28.2. The van der Waals surface area contributed by atoms with Crippen LogP contribution in [0.1, 0.15) is 42.9 Å². The normalized spacial score (nSPS) is 16.8. The van der Waals surface area contributed by atoms with Gasteiger partial charge in [-0.3, -0.25) is 14.4 Å². The summed E-state index contributed by atoms with van der Waals surface area (Å²) in [5.74, 6) is 0.888. The van der Waals surface area contributed by atoms with Crippen LogP contribution in [0, 0.1) is 5.82 Å². The summed E-state index contributed by atoms with van der Waals surface area (Å²) in [6.07, 6.45) is 8.73. The molecule has 2 aliphatic rings. The van der Waals surface area contributed by atoms with E-state index in [1.807, 2.05) is 48.3 Å². The second-order valence-corrected chi connectivity index (χ2v) is 10.2. The lowest BCUT2D eigenvalue weighted by atomic mass is 9.98. The Balaban J connectivity index is 1.19. The number of carbonyl (C=O) groups is 1. The van der Waals surface area contributed by atoms with Gasteiger partial charge in [-0.05, 0) is 36.6 Å². The molecular formula is C28H31FN8O. The predicted molar refractivity (Wildman–Crippen MR) is 143 cm³/mol. The lowest BCUT2D eigenvalue weighted by Crippen LogP contribution is -2.45. The van der Waals surface area contributed by atoms with Gasteiger partial charge in [0.2, 0.25) is 12.4 Å². The lowest BCUT2D eigenvalue weighted by Gasteiger charge is -2.32. The highest BCUT2D eigenvalue weighted by Gasteiger charge is 2.24. The van der Waals surface area contributed by atoms with Crippen LogP contribution in [0.3, 0.4) is 0 Å². The fourth-order valence-corrected chi connectivity index (χ4v) is 5.67. The van der Waals surface area contributed by atoms with E-state index in [0.717, 1.165) is 68.4 Å². The van der Waals surface area contributed by atoms with Crippen LogP contribution in [0.2, 0.25) is 0 Å². The number of rotatable bonds is 7. The molecule has 0 spiro atoms. The molecule has 4 aromatic rings. The van der Waals surface area contributed by atoms with Gasteiger partial charge in [-0.2, -0.15) is 5.10 Å². The van der Waals surface area contributed by atoms with Gasteiger partial charge in [0.15, 0.2) is 5.82 Å². The maximum Gasteiger partial charge on any atom is 0.229 e. The Kier molecular flexibility index (Phi) is 6.71. The van der Waals surface area contributed by atoms with Crippen LogP contribution >= 0.6 is 0 Å². The molecule has 1 aliphatic heterocycles. The number of fused-ring (bicyclic) bond motifs is 1. The molecule has 1 amide bonds. The number of hydrogen-bond donors (Lipinski definition) is 1. The fraction of sp³-hybridized carbons (Fsp3) is 0.393. The van der Waals surface area contributed by atoms with Crippen molar-refractivity contribution in [3.63, 3.8) is 0 Å². The van der Waals surface area contributed by atoms with Crippen molar-refractivity contribution in [1.82, 2.24) is 34.5 Å². The summed E-state index contributed by atoms with van der Waals surface area (Å²) in [5, 5.41) is 8.86. The van der Waals surface area contributed by atoms with E-state index >= 15 is 0 Å². The van der Waals surface area contributed by atoms with Crippen molar-refractivity contribution in [3.8, 4) is 11.3 Å². The van der Waals surface area contributed by atoms with Gasteiger partial charge in [0, 0.05) is 68.5 Å². The SMILES string of the molecule is Cn1nc2ccc(-c3nc(Nc4ccc(CN5CCN(C=O)CC5)cn4)ncc3F)cc2c1C1CCCC1. The first kappa shape index (κ1) is 24.4. The Morgan fingerprint density at radius 3 is 2.61 bits per heavy atom. The first-order valence-electron chi connectivity index (χ1n) is 13.2. The van der Waals surface area contributed by atoms with Gasteiger partial charge in [-0.15, -0.1) is 0 Å². The maximum atomic E-state index is 14.9. The van der Waals surface area contributed by atoms with Crippen molar-refractivity contribution in [1.29, 1.82) is 0 Å². The Hall–Kier alpha value is -3.92. The third-order valence-corrected chi connectivity index (χ3v) is 7.67. The molecule has 10 heteroatoms. The summed E-state index contributed by atoms with van der Waals surface area (Å²) in [5.41, 5.74) is 4.17. The van der Waals surface area contributed by atoms with Crippen molar-refractivity contribution in [2.24, 2.45) is 7.05 Å². The zero-order valence-corrected chi connectivity index (χ0v) is 21.5. The molecule has 1 aromatic carbocycles. The van der Waals surface area contributed by atoms with Gasteiger partial charge < -0.3 is 10.2 Å². The first-order valence-corrected chi connectivity index (χ1v) is 13.2. The Bertz CT molecular complexity index is 1440. The number of carbonyl (C=O) groups excluding carboxylic acids is 1. The smallest absolute Gasteiger partial charge is 0.229 e. The minimum atomic E-state index is -0.473. The largest absolute Gasteiger partial charge is 0.343 e. The monoisotopic (exact) mass is 514 g/mol. The highest BCUT2D eigenvalue weighted by Crippen LogP contribution is 2.38. The fourth-order valence-electron chi connectivity index (χ4n) is 5.67. The van der Waals surface area contributed by atoms with E-state index in [4.69, 9.17) is 0 Å². The number of amides is 1. The summed E-state index contributed by atoms with van der Waals surface area (Å²) in [6.45, 7) is 3.96. The number of aryl methyl sites for hydroxylation is 1. The molecule has 1 N–H and O–H groups in total. The van der Waals surface area contributed by atoms with Gasteiger partial charge in [0.1, 0.15) is 11.5 Å². The van der Waals surface area contributed by atoms with Gasteiger partial charge in [0.05, 0.1) is 11.7 Å². The van der Waals surface area contributed by atoms with Crippen molar-refractivity contribution in [3.05, 3.63) is 59.8 Å². The van der Waals surface area contributed by atoms with E-state index in [1.165, 1.54) is 24.7 Å². The number of hydrogen-bond acceptors (Lipinski definition) is 7. The highest BCUT2D eigenvalue weighted by molar-refractivity contribution is 5.87. The van der Waals surface area contributed by atoms with E-state index in [1.54, 1.807) is 4.90 Å². The number of halogens is 1. The standard InChI is InChI=1S/C28H31FN8O/c1-35-27(20-4-2-3-5-20)22-14-21(7-8-24(22)34-35)26-23(29)16-31-28(33-26)32-25-9-6-19(15-30-25)17-36-10-12-37(18-38)13-11-36/h6-9,14-16,18,20H,2-5,10-13,17H2,1H3,(H,30,31,32,33). The predicted octanol–water partition coefficient (Wildman–Crippen LogP) is 4.24. The molecule has 1 saturated heterocycles. The van der Waals surface area contributed by atoms with Crippen molar-refractivity contribution in [2.45, 2.75) is 38.1 Å². The van der Waals surface area contributed by atoms with Crippen LogP contribution in [-0.4, -0.2) is 67.1 Å². The summed E-state index contributed by atoms with van der Waals surface area (Å²) < 4.78 is 16.9.